The molecule has 0 aliphatic heterocycles. The van der Waals surface area contributed by atoms with Gasteiger partial charge in [-0.05, 0) is 18.7 Å². The molecule has 0 bridgehead atoms. The second kappa shape index (κ2) is 5.85. The second-order valence-corrected chi connectivity index (χ2v) is 2.13. The Hall–Kier alpha value is 0.1000. The molecular weight excluding hydrogens is 161 g/mol. The number of hydrogen-bond donors (Lipinski definition) is 2. The van der Waals surface area contributed by atoms with E-state index in [1.54, 1.807) is 0 Å². The summed E-state index contributed by atoms with van der Waals surface area (Å²) in [5.41, 5.74) is 0. The van der Waals surface area contributed by atoms with Gasteiger partial charge in [-0.2, -0.15) is 0 Å². The van der Waals surface area contributed by atoms with Crippen LogP contribution in [0.4, 0.5) is 4.39 Å². The van der Waals surface area contributed by atoms with Gasteiger partial charge < -0.3 is 9.84 Å². The Morgan fingerprint density at radius 1 is 1.80 bits per heavy atom. The SMILES string of the molecule is CC(O)OCC(F)CNCl. The minimum absolute atomic E-state index is 0.0221. The summed E-state index contributed by atoms with van der Waals surface area (Å²) in [7, 11) is 0. The molecule has 0 aliphatic rings. The molecule has 0 saturated heterocycles. The normalized spacial score (nSPS) is 16.8. The molecule has 2 N–H and O–H groups in total. The van der Waals surface area contributed by atoms with E-state index in [4.69, 9.17) is 16.9 Å². The van der Waals surface area contributed by atoms with Crippen LogP contribution < -0.4 is 4.84 Å². The van der Waals surface area contributed by atoms with Gasteiger partial charge in [0.15, 0.2) is 6.29 Å². The lowest BCUT2D eigenvalue weighted by Crippen LogP contribution is -2.23. The summed E-state index contributed by atoms with van der Waals surface area (Å²) in [6, 6.07) is 0. The number of rotatable bonds is 5. The molecule has 5 heteroatoms. The van der Waals surface area contributed by atoms with Gasteiger partial charge in [-0.3, -0.25) is 0 Å². The first kappa shape index (κ1) is 10.1. The molecule has 0 fully saturated rings. The van der Waals surface area contributed by atoms with E-state index in [0.29, 0.717) is 0 Å². The van der Waals surface area contributed by atoms with Crippen molar-refractivity contribution in [2.24, 2.45) is 0 Å². The molecule has 0 heterocycles. The number of nitrogens with one attached hydrogen (secondary N) is 1. The largest absolute Gasteiger partial charge is 0.368 e. The topological polar surface area (TPSA) is 41.5 Å². The maximum absolute atomic E-state index is 12.4. The van der Waals surface area contributed by atoms with Gasteiger partial charge in [0.25, 0.3) is 0 Å². The van der Waals surface area contributed by atoms with Crippen molar-refractivity contribution in [2.75, 3.05) is 13.2 Å². The van der Waals surface area contributed by atoms with Crippen LogP contribution in [0.25, 0.3) is 0 Å². The van der Waals surface area contributed by atoms with Crippen molar-refractivity contribution in [3.63, 3.8) is 0 Å². The van der Waals surface area contributed by atoms with Crippen LogP contribution >= 0.6 is 11.8 Å². The number of aliphatic hydroxyl groups excluding tert-OH is 1. The van der Waals surface area contributed by atoms with E-state index in [0.717, 1.165) is 0 Å². The molecule has 0 rings (SSSR count). The van der Waals surface area contributed by atoms with Crippen LogP contribution in [0.15, 0.2) is 0 Å². The Bertz CT molecular complexity index is 84.0. The molecule has 0 aliphatic carbocycles. The summed E-state index contributed by atoms with van der Waals surface area (Å²) in [4.78, 5) is 2.13. The smallest absolute Gasteiger partial charge is 0.151 e. The minimum Gasteiger partial charge on any atom is -0.368 e. The molecule has 0 saturated carbocycles. The van der Waals surface area contributed by atoms with Crippen LogP contribution in [-0.2, 0) is 4.74 Å². The molecule has 0 aromatic heterocycles. The molecule has 0 aromatic carbocycles. The van der Waals surface area contributed by atoms with E-state index in [9.17, 15) is 4.39 Å². The molecular formula is C5H11ClFNO2. The molecule has 0 aromatic rings. The van der Waals surface area contributed by atoms with Crippen LogP contribution in [0.2, 0.25) is 0 Å². The van der Waals surface area contributed by atoms with Crippen LogP contribution in [0.1, 0.15) is 6.92 Å². The van der Waals surface area contributed by atoms with Gasteiger partial charge in [0.2, 0.25) is 0 Å². The first-order chi connectivity index (χ1) is 4.66. The van der Waals surface area contributed by atoms with E-state index in [2.05, 4.69) is 9.57 Å². The van der Waals surface area contributed by atoms with Crippen molar-refractivity contribution >= 4 is 11.8 Å². The summed E-state index contributed by atoms with van der Waals surface area (Å²) in [6.45, 7) is 1.30. The molecule has 0 spiro atoms. The van der Waals surface area contributed by atoms with Crippen molar-refractivity contribution in [3.05, 3.63) is 0 Å². The Kier molecular flexibility index (Phi) is 5.91. The minimum atomic E-state index is -1.17. The zero-order valence-corrected chi connectivity index (χ0v) is 6.44. The van der Waals surface area contributed by atoms with Gasteiger partial charge >= 0.3 is 0 Å². The first-order valence-electron chi connectivity index (χ1n) is 2.94. The van der Waals surface area contributed by atoms with Crippen molar-refractivity contribution in [1.29, 1.82) is 0 Å². The van der Waals surface area contributed by atoms with Crippen LogP contribution in [-0.4, -0.2) is 30.7 Å². The summed E-state index contributed by atoms with van der Waals surface area (Å²) >= 11 is 5.00. The maximum atomic E-state index is 12.4. The van der Waals surface area contributed by atoms with E-state index in [1.165, 1.54) is 6.92 Å². The fraction of sp³-hybridized carbons (Fsp3) is 1.00. The number of ether oxygens (including phenoxy) is 1. The molecule has 0 radical (unpaired) electrons. The fourth-order valence-corrected chi connectivity index (χ4v) is 0.554. The summed E-state index contributed by atoms with van der Waals surface area (Å²) < 4.78 is 16.9. The summed E-state index contributed by atoms with van der Waals surface area (Å²) in [6.07, 6.45) is -2.10. The van der Waals surface area contributed by atoms with Crippen LogP contribution in [0, 0.1) is 0 Å². The van der Waals surface area contributed by atoms with Gasteiger partial charge in [0.05, 0.1) is 6.61 Å². The summed E-state index contributed by atoms with van der Waals surface area (Å²) in [5, 5.41) is 8.53. The van der Waals surface area contributed by atoms with Crippen molar-refractivity contribution < 1.29 is 14.2 Å². The van der Waals surface area contributed by atoms with Crippen LogP contribution in [0.3, 0.4) is 0 Å². The monoisotopic (exact) mass is 171 g/mol. The first-order valence-corrected chi connectivity index (χ1v) is 3.32. The average molecular weight is 172 g/mol. The number of halogens is 2. The Labute approximate surface area is 64.2 Å². The molecule has 0 amide bonds. The van der Waals surface area contributed by atoms with Crippen molar-refractivity contribution in [1.82, 2.24) is 4.84 Å². The van der Waals surface area contributed by atoms with E-state index in [1.807, 2.05) is 0 Å². The summed E-state index contributed by atoms with van der Waals surface area (Å²) in [5.74, 6) is 0. The number of aliphatic hydroxyl groups is 1. The predicted octanol–water partition coefficient (Wildman–Crippen LogP) is 0.423. The van der Waals surface area contributed by atoms with E-state index < -0.39 is 12.5 Å². The average Bonchev–Trinajstić information content (AvgIpc) is 1.85. The zero-order chi connectivity index (χ0) is 7.98. The third kappa shape index (κ3) is 6.22. The highest BCUT2D eigenvalue weighted by Gasteiger charge is 2.06. The van der Waals surface area contributed by atoms with Gasteiger partial charge in [-0.25, -0.2) is 9.23 Å². The van der Waals surface area contributed by atoms with Gasteiger partial charge in [-0.15, -0.1) is 0 Å². The van der Waals surface area contributed by atoms with Crippen molar-refractivity contribution in [2.45, 2.75) is 19.4 Å². The quantitative estimate of drug-likeness (QED) is 0.466. The van der Waals surface area contributed by atoms with E-state index >= 15 is 0 Å². The van der Waals surface area contributed by atoms with Gasteiger partial charge in [-0.1, -0.05) is 0 Å². The Morgan fingerprint density at radius 2 is 2.40 bits per heavy atom. The lowest BCUT2D eigenvalue weighted by molar-refractivity contribution is -0.0983. The number of alkyl halides is 1. The lowest BCUT2D eigenvalue weighted by Gasteiger charge is -2.08. The van der Waals surface area contributed by atoms with E-state index in [-0.39, 0.29) is 13.2 Å². The molecule has 3 nitrogen and oxygen atoms in total. The molecule has 2 atom stereocenters. The third-order valence-electron chi connectivity index (χ3n) is 0.817. The van der Waals surface area contributed by atoms with Gasteiger partial charge in [0.1, 0.15) is 6.17 Å². The highest BCUT2D eigenvalue weighted by Crippen LogP contribution is 1.93. The Morgan fingerprint density at radius 3 is 2.80 bits per heavy atom. The molecule has 62 valence electrons. The van der Waals surface area contributed by atoms with Gasteiger partial charge in [0, 0.05) is 6.54 Å². The molecule has 10 heavy (non-hydrogen) atoms. The predicted molar refractivity (Wildman–Crippen MR) is 36.4 cm³/mol. The Balaban J connectivity index is 3.12. The second-order valence-electron chi connectivity index (χ2n) is 1.87. The third-order valence-corrected chi connectivity index (χ3v) is 0.971. The fourth-order valence-electron chi connectivity index (χ4n) is 0.386. The maximum Gasteiger partial charge on any atom is 0.151 e. The molecule has 2 unspecified atom stereocenters. The lowest BCUT2D eigenvalue weighted by atomic mass is 10.4. The highest BCUT2D eigenvalue weighted by atomic mass is 35.5. The van der Waals surface area contributed by atoms with Crippen LogP contribution in [0.5, 0.6) is 0 Å². The highest BCUT2D eigenvalue weighted by molar-refractivity contribution is 6.13. The van der Waals surface area contributed by atoms with Crippen molar-refractivity contribution in [3.8, 4) is 0 Å². The standard InChI is InChI=1S/C5H11ClFNO2/c1-4(9)10-3-5(7)2-8-6/h4-5,8-9H,2-3H2,1H3. The zero-order valence-electron chi connectivity index (χ0n) is 5.68. The number of hydrogen-bond acceptors (Lipinski definition) is 3.